The fourth-order valence-corrected chi connectivity index (χ4v) is 3.19. The van der Waals surface area contributed by atoms with E-state index < -0.39 is 0 Å². The molecule has 0 spiro atoms. The highest BCUT2D eigenvalue weighted by atomic mass is 35.5. The summed E-state index contributed by atoms with van der Waals surface area (Å²) in [5.41, 5.74) is 2.00. The van der Waals surface area contributed by atoms with Gasteiger partial charge in [0, 0.05) is 43.3 Å². The van der Waals surface area contributed by atoms with Crippen LogP contribution in [0.1, 0.15) is 11.1 Å². The van der Waals surface area contributed by atoms with Crippen LogP contribution in [0, 0.1) is 0 Å². The van der Waals surface area contributed by atoms with Crippen molar-refractivity contribution < 1.29 is 0 Å². The van der Waals surface area contributed by atoms with Crippen LogP contribution >= 0.6 is 34.8 Å². The number of rotatable bonds is 4. The van der Waals surface area contributed by atoms with Crippen molar-refractivity contribution >= 4 is 41.0 Å². The predicted molar refractivity (Wildman–Crippen MR) is 102 cm³/mol. The van der Waals surface area contributed by atoms with Gasteiger partial charge in [0.05, 0.1) is 16.3 Å². The highest BCUT2D eigenvalue weighted by molar-refractivity contribution is 6.43. The van der Waals surface area contributed by atoms with Gasteiger partial charge in [-0.2, -0.15) is 5.10 Å². The van der Waals surface area contributed by atoms with E-state index in [2.05, 4.69) is 21.1 Å². The molecule has 0 radical (unpaired) electrons. The van der Waals surface area contributed by atoms with E-state index in [9.17, 15) is 0 Å². The van der Waals surface area contributed by atoms with Crippen molar-refractivity contribution in [1.29, 1.82) is 0 Å². The van der Waals surface area contributed by atoms with Gasteiger partial charge in [0.1, 0.15) is 0 Å². The van der Waals surface area contributed by atoms with Gasteiger partial charge in [-0.15, -0.1) is 0 Å². The molecule has 126 valence electrons. The minimum atomic E-state index is 0.542. The van der Waals surface area contributed by atoms with Crippen molar-refractivity contribution in [2.24, 2.45) is 5.10 Å². The van der Waals surface area contributed by atoms with Crippen LogP contribution in [0.3, 0.4) is 0 Å². The van der Waals surface area contributed by atoms with Gasteiger partial charge in [-0.1, -0.05) is 65.1 Å². The van der Waals surface area contributed by atoms with Gasteiger partial charge < -0.3 is 0 Å². The number of nitrogens with zero attached hydrogens (tertiary/aromatic N) is 3. The second-order valence-electron chi connectivity index (χ2n) is 5.71. The first-order valence-corrected chi connectivity index (χ1v) is 8.95. The molecule has 0 atom stereocenters. The van der Waals surface area contributed by atoms with E-state index in [1.54, 1.807) is 12.3 Å². The average molecular weight is 383 g/mol. The third kappa shape index (κ3) is 4.42. The Morgan fingerprint density at radius 2 is 1.58 bits per heavy atom. The van der Waals surface area contributed by atoms with Crippen LogP contribution in [0.15, 0.2) is 47.6 Å². The van der Waals surface area contributed by atoms with E-state index in [-0.39, 0.29) is 0 Å². The molecule has 0 amide bonds. The summed E-state index contributed by atoms with van der Waals surface area (Å²) in [7, 11) is 0. The minimum absolute atomic E-state index is 0.542. The lowest BCUT2D eigenvalue weighted by Gasteiger charge is -2.33. The van der Waals surface area contributed by atoms with E-state index in [4.69, 9.17) is 34.8 Å². The van der Waals surface area contributed by atoms with Crippen molar-refractivity contribution in [3.05, 3.63) is 68.7 Å². The zero-order valence-electron chi connectivity index (χ0n) is 13.1. The Morgan fingerprint density at radius 3 is 2.33 bits per heavy atom. The molecule has 3 rings (SSSR count). The second-order valence-corrected chi connectivity index (χ2v) is 6.90. The number of halogens is 3. The zero-order valence-corrected chi connectivity index (χ0v) is 15.4. The molecule has 1 fully saturated rings. The molecule has 0 unspecified atom stereocenters. The van der Waals surface area contributed by atoms with E-state index in [1.165, 1.54) is 5.56 Å². The molecule has 0 aromatic heterocycles. The summed E-state index contributed by atoms with van der Waals surface area (Å²) >= 11 is 18.4. The van der Waals surface area contributed by atoms with Gasteiger partial charge in [0.25, 0.3) is 0 Å². The number of benzene rings is 2. The molecule has 0 bridgehead atoms. The van der Waals surface area contributed by atoms with E-state index in [0.29, 0.717) is 10.0 Å². The van der Waals surface area contributed by atoms with Crippen LogP contribution < -0.4 is 0 Å². The van der Waals surface area contributed by atoms with Crippen LogP contribution in [-0.4, -0.2) is 42.3 Å². The lowest BCUT2D eigenvalue weighted by molar-refractivity contribution is 0.131. The zero-order chi connectivity index (χ0) is 16.9. The summed E-state index contributed by atoms with van der Waals surface area (Å²) in [6.45, 7) is 4.52. The summed E-state index contributed by atoms with van der Waals surface area (Å²) in [6.07, 6.45) is 1.78. The summed E-state index contributed by atoms with van der Waals surface area (Å²) < 4.78 is 0. The van der Waals surface area contributed by atoms with E-state index in [0.717, 1.165) is 43.3 Å². The van der Waals surface area contributed by atoms with Crippen LogP contribution in [0.2, 0.25) is 15.1 Å². The topological polar surface area (TPSA) is 18.8 Å². The summed E-state index contributed by atoms with van der Waals surface area (Å²) in [6, 6.07) is 13.5. The highest BCUT2D eigenvalue weighted by Crippen LogP contribution is 2.24. The summed E-state index contributed by atoms with van der Waals surface area (Å²) in [5.74, 6) is 0. The molecule has 2 aromatic carbocycles. The largest absolute Gasteiger partial charge is 0.295 e. The van der Waals surface area contributed by atoms with Crippen molar-refractivity contribution in [2.75, 3.05) is 26.2 Å². The van der Waals surface area contributed by atoms with Crippen LogP contribution in [-0.2, 0) is 6.54 Å². The molecular formula is C18H18Cl3N3. The lowest BCUT2D eigenvalue weighted by atomic mass is 10.2. The Bertz CT molecular complexity index is 725. The van der Waals surface area contributed by atoms with Gasteiger partial charge in [-0.05, 0) is 17.7 Å². The molecule has 0 saturated carbocycles. The first-order chi connectivity index (χ1) is 11.6. The third-order valence-electron chi connectivity index (χ3n) is 4.04. The molecule has 1 aliphatic rings. The minimum Gasteiger partial charge on any atom is -0.295 e. The average Bonchev–Trinajstić information content (AvgIpc) is 2.59. The fourth-order valence-electron chi connectivity index (χ4n) is 2.64. The fraction of sp³-hybridized carbons (Fsp3) is 0.278. The standard InChI is InChI=1S/C18H18Cl3N3/c19-16-6-2-1-4-15(16)13-23-8-10-24(11-9-23)22-12-14-5-3-7-17(20)18(14)21/h1-7,12H,8-11,13H2. The number of hydrogen-bond donors (Lipinski definition) is 0. The van der Waals surface area contributed by atoms with Gasteiger partial charge in [-0.25, -0.2) is 0 Å². The highest BCUT2D eigenvalue weighted by Gasteiger charge is 2.16. The molecule has 0 aliphatic carbocycles. The van der Waals surface area contributed by atoms with Crippen LogP contribution in [0.5, 0.6) is 0 Å². The number of piperazine rings is 1. The normalized spacial score (nSPS) is 16.0. The van der Waals surface area contributed by atoms with Gasteiger partial charge in [0.2, 0.25) is 0 Å². The summed E-state index contributed by atoms with van der Waals surface area (Å²) in [5, 5.41) is 8.50. The molecule has 1 saturated heterocycles. The van der Waals surface area contributed by atoms with Crippen molar-refractivity contribution in [3.63, 3.8) is 0 Å². The first-order valence-electron chi connectivity index (χ1n) is 7.82. The molecule has 1 aliphatic heterocycles. The molecule has 6 heteroatoms. The van der Waals surface area contributed by atoms with Crippen molar-refractivity contribution in [3.8, 4) is 0 Å². The molecule has 3 nitrogen and oxygen atoms in total. The molecule has 24 heavy (non-hydrogen) atoms. The molecule has 0 N–H and O–H groups in total. The Hall–Kier alpha value is -1.26. The number of hydrogen-bond acceptors (Lipinski definition) is 3. The monoisotopic (exact) mass is 381 g/mol. The third-order valence-corrected chi connectivity index (χ3v) is 5.24. The van der Waals surface area contributed by atoms with E-state index >= 15 is 0 Å². The number of hydrazone groups is 1. The second kappa shape index (κ2) is 8.21. The molecular weight excluding hydrogens is 365 g/mol. The molecule has 2 aromatic rings. The van der Waals surface area contributed by atoms with E-state index in [1.807, 2.05) is 30.3 Å². The maximum atomic E-state index is 6.23. The van der Waals surface area contributed by atoms with Gasteiger partial charge >= 0.3 is 0 Å². The smallest absolute Gasteiger partial charge is 0.0680 e. The Morgan fingerprint density at radius 1 is 0.875 bits per heavy atom. The van der Waals surface area contributed by atoms with Crippen molar-refractivity contribution in [2.45, 2.75) is 6.54 Å². The lowest BCUT2D eigenvalue weighted by Crippen LogP contribution is -2.43. The Kier molecular flexibility index (Phi) is 6.01. The first kappa shape index (κ1) is 17.6. The quantitative estimate of drug-likeness (QED) is 0.707. The van der Waals surface area contributed by atoms with Crippen LogP contribution in [0.4, 0.5) is 0 Å². The maximum Gasteiger partial charge on any atom is 0.0680 e. The van der Waals surface area contributed by atoms with Gasteiger partial charge in [-0.3, -0.25) is 9.91 Å². The Labute approximate surface area is 157 Å². The maximum absolute atomic E-state index is 6.23. The SMILES string of the molecule is Clc1ccccc1CN1CCN(N=Cc2cccc(Cl)c2Cl)CC1. The predicted octanol–water partition coefficient (Wildman–Crippen LogP) is 4.80. The van der Waals surface area contributed by atoms with Crippen molar-refractivity contribution in [1.82, 2.24) is 9.91 Å². The van der Waals surface area contributed by atoms with Crippen LogP contribution in [0.25, 0.3) is 0 Å². The van der Waals surface area contributed by atoms with Gasteiger partial charge in [0.15, 0.2) is 0 Å². The summed E-state index contributed by atoms with van der Waals surface area (Å²) in [4.78, 5) is 2.39. The Balaban J connectivity index is 1.54. The molecule has 1 heterocycles.